The average molecular weight is 432 g/mol. The van der Waals surface area contributed by atoms with Crippen molar-refractivity contribution in [2.75, 3.05) is 26.1 Å². The lowest BCUT2D eigenvalue weighted by Gasteiger charge is -2.14. The Morgan fingerprint density at radius 1 is 1.17 bits per heavy atom. The lowest BCUT2D eigenvalue weighted by Crippen LogP contribution is -2.31. The number of nitrogens with one attached hydrogen (secondary N) is 3. The van der Waals surface area contributed by atoms with Gasteiger partial charge in [0, 0.05) is 28.2 Å². The first-order valence-corrected chi connectivity index (χ1v) is 9.80. The molecule has 2 aromatic carbocycles. The number of methoxy groups -OCH3 is 2. The third-order valence-electron chi connectivity index (χ3n) is 4.65. The molecule has 0 radical (unpaired) electrons. The highest BCUT2D eigenvalue weighted by molar-refractivity contribution is 7.80. The van der Waals surface area contributed by atoms with Gasteiger partial charge >= 0.3 is 0 Å². The van der Waals surface area contributed by atoms with Crippen molar-refractivity contribution in [1.29, 1.82) is 0 Å². The molecule has 0 aliphatic rings. The number of benzene rings is 2. The predicted octanol–water partition coefficient (Wildman–Crippen LogP) is 4.04. The van der Waals surface area contributed by atoms with Crippen molar-refractivity contribution in [3.05, 3.63) is 62.9 Å². The minimum atomic E-state index is -0.171. The number of aromatic nitrogens is 1. The molecule has 6 nitrogen and oxygen atoms in total. The van der Waals surface area contributed by atoms with Crippen LogP contribution in [-0.4, -0.2) is 30.9 Å². The monoisotopic (exact) mass is 431 g/mol. The molecule has 0 fully saturated rings. The van der Waals surface area contributed by atoms with E-state index in [0.717, 1.165) is 16.6 Å². The summed E-state index contributed by atoms with van der Waals surface area (Å²) in [6.45, 7) is 2.41. The van der Waals surface area contributed by atoms with Crippen LogP contribution in [0, 0.1) is 6.92 Å². The number of halogens is 1. The minimum Gasteiger partial charge on any atom is -0.496 e. The highest BCUT2D eigenvalue weighted by atomic mass is 35.5. The molecule has 0 bridgehead atoms. The summed E-state index contributed by atoms with van der Waals surface area (Å²) in [5.41, 5.74) is 2.83. The Morgan fingerprint density at radius 3 is 2.62 bits per heavy atom. The van der Waals surface area contributed by atoms with Crippen molar-refractivity contribution in [3.63, 3.8) is 0 Å². The van der Waals surface area contributed by atoms with Gasteiger partial charge in [0.15, 0.2) is 5.11 Å². The molecule has 3 rings (SSSR count). The summed E-state index contributed by atoms with van der Waals surface area (Å²) in [4.78, 5) is 15.4. The number of aromatic amines is 1. The van der Waals surface area contributed by atoms with Crippen molar-refractivity contribution in [2.24, 2.45) is 0 Å². The molecule has 152 valence electrons. The van der Waals surface area contributed by atoms with Gasteiger partial charge in [-0.1, -0.05) is 17.7 Å². The fourth-order valence-electron chi connectivity index (χ4n) is 3.04. The summed E-state index contributed by atoms with van der Waals surface area (Å²) in [5.74, 6) is 1.25. The molecule has 3 N–H and O–H groups in total. The number of rotatable bonds is 6. The fourth-order valence-corrected chi connectivity index (χ4v) is 3.43. The van der Waals surface area contributed by atoms with Gasteiger partial charge in [-0.25, -0.2) is 0 Å². The van der Waals surface area contributed by atoms with Crippen molar-refractivity contribution in [1.82, 2.24) is 10.3 Å². The van der Waals surface area contributed by atoms with Crippen molar-refractivity contribution < 1.29 is 9.47 Å². The Balaban J connectivity index is 1.72. The molecule has 29 heavy (non-hydrogen) atoms. The van der Waals surface area contributed by atoms with Crippen molar-refractivity contribution >= 4 is 45.5 Å². The molecule has 0 aliphatic heterocycles. The van der Waals surface area contributed by atoms with Gasteiger partial charge in [-0.3, -0.25) is 4.79 Å². The van der Waals surface area contributed by atoms with E-state index in [2.05, 4.69) is 15.6 Å². The van der Waals surface area contributed by atoms with Crippen LogP contribution in [0.4, 0.5) is 5.69 Å². The number of thiocarbonyl (C=S) groups is 1. The van der Waals surface area contributed by atoms with Crippen LogP contribution in [0.3, 0.4) is 0 Å². The van der Waals surface area contributed by atoms with Gasteiger partial charge in [-0.15, -0.1) is 0 Å². The first kappa shape index (κ1) is 21.0. The first-order chi connectivity index (χ1) is 13.9. The van der Waals surface area contributed by atoms with Gasteiger partial charge in [0.1, 0.15) is 11.5 Å². The highest BCUT2D eigenvalue weighted by Gasteiger charge is 2.12. The molecule has 0 spiro atoms. The van der Waals surface area contributed by atoms with E-state index in [9.17, 15) is 4.79 Å². The van der Waals surface area contributed by atoms with Crippen LogP contribution in [0.15, 0.2) is 41.2 Å². The molecule has 8 heteroatoms. The van der Waals surface area contributed by atoms with Crippen LogP contribution in [0.1, 0.15) is 11.1 Å². The molecular formula is C21H22ClN3O3S. The number of H-pyrrole nitrogens is 1. The van der Waals surface area contributed by atoms with E-state index in [4.69, 9.17) is 33.3 Å². The van der Waals surface area contributed by atoms with Gasteiger partial charge in [0.05, 0.1) is 19.7 Å². The van der Waals surface area contributed by atoms with Crippen LogP contribution >= 0.6 is 23.8 Å². The number of hydrogen-bond acceptors (Lipinski definition) is 4. The van der Waals surface area contributed by atoms with Crippen molar-refractivity contribution in [3.8, 4) is 11.5 Å². The van der Waals surface area contributed by atoms with Crippen LogP contribution in [0.2, 0.25) is 5.02 Å². The van der Waals surface area contributed by atoms with Gasteiger partial charge in [-0.05, 0) is 61.5 Å². The van der Waals surface area contributed by atoms with E-state index in [-0.39, 0.29) is 5.56 Å². The highest BCUT2D eigenvalue weighted by Crippen LogP contribution is 2.31. The van der Waals surface area contributed by atoms with Gasteiger partial charge in [0.2, 0.25) is 0 Å². The molecule has 3 aromatic rings. The van der Waals surface area contributed by atoms with E-state index in [1.807, 2.05) is 37.3 Å². The zero-order chi connectivity index (χ0) is 21.0. The number of pyridine rings is 1. The van der Waals surface area contributed by atoms with E-state index in [0.29, 0.717) is 45.7 Å². The summed E-state index contributed by atoms with van der Waals surface area (Å²) in [5, 5.41) is 8.17. The summed E-state index contributed by atoms with van der Waals surface area (Å²) in [6.07, 6.45) is 0.488. The Bertz CT molecular complexity index is 1110. The third-order valence-corrected chi connectivity index (χ3v) is 5.31. The van der Waals surface area contributed by atoms with Crippen LogP contribution < -0.4 is 25.7 Å². The van der Waals surface area contributed by atoms with E-state index >= 15 is 0 Å². The normalized spacial score (nSPS) is 10.6. The van der Waals surface area contributed by atoms with Crippen LogP contribution in [0.5, 0.6) is 11.5 Å². The molecule has 0 amide bonds. The number of hydrogen-bond donors (Lipinski definition) is 3. The maximum atomic E-state index is 12.5. The number of ether oxygens (including phenoxy) is 2. The van der Waals surface area contributed by atoms with E-state index in [1.54, 1.807) is 20.3 Å². The topological polar surface area (TPSA) is 75.4 Å². The molecule has 0 saturated carbocycles. The summed E-state index contributed by atoms with van der Waals surface area (Å²) < 4.78 is 10.8. The molecule has 1 heterocycles. The second kappa shape index (κ2) is 9.15. The first-order valence-electron chi connectivity index (χ1n) is 9.01. The summed E-state index contributed by atoms with van der Waals surface area (Å²) in [7, 11) is 3.16. The lowest BCUT2D eigenvalue weighted by atomic mass is 10.1. The number of anilines is 1. The SMILES string of the molecule is COc1ccc(OC)c2[nH]c(=O)c(CCNC(=S)Nc3cccc(Cl)c3C)cc12. The fraction of sp³-hybridized carbons (Fsp3) is 0.238. The molecule has 0 unspecified atom stereocenters. The quantitative estimate of drug-likeness (QED) is 0.511. The Labute approximate surface area is 179 Å². The van der Waals surface area contributed by atoms with Gasteiger partial charge in [-0.2, -0.15) is 0 Å². The van der Waals surface area contributed by atoms with Crippen LogP contribution in [0.25, 0.3) is 10.9 Å². The largest absolute Gasteiger partial charge is 0.496 e. The predicted molar refractivity (Wildman–Crippen MR) is 122 cm³/mol. The third kappa shape index (κ3) is 4.63. The summed E-state index contributed by atoms with van der Waals surface area (Å²) >= 11 is 11.5. The molecule has 0 aliphatic carbocycles. The Hall–Kier alpha value is -2.77. The average Bonchev–Trinajstić information content (AvgIpc) is 2.71. The second-order valence-electron chi connectivity index (χ2n) is 6.43. The molecule has 0 saturated heterocycles. The van der Waals surface area contributed by atoms with E-state index in [1.165, 1.54) is 0 Å². The second-order valence-corrected chi connectivity index (χ2v) is 7.24. The van der Waals surface area contributed by atoms with Gasteiger partial charge < -0.3 is 25.1 Å². The Kier molecular flexibility index (Phi) is 6.61. The number of fused-ring (bicyclic) bond motifs is 1. The Morgan fingerprint density at radius 2 is 1.90 bits per heavy atom. The zero-order valence-electron chi connectivity index (χ0n) is 16.4. The standard InChI is InChI=1S/C21H22ClN3O3S/c1-12-15(22)5-4-6-16(12)24-21(29)23-10-9-13-11-14-17(27-2)7-8-18(28-3)19(14)25-20(13)26/h4-8,11H,9-10H2,1-3H3,(H,25,26)(H2,23,24,29). The van der Waals surface area contributed by atoms with Crippen LogP contribution in [-0.2, 0) is 6.42 Å². The van der Waals surface area contributed by atoms with Gasteiger partial charge in [0.25, 0.3) is 5.56 Å². The lowest BCUT2D eigenvalue weighted by molar-refractivity contribution is 0.409. The zero-order valence-corrected chi connectivity index (χ0v) is 18.0. The summed E-state index contributed by atoms with van der Waals surface area (Å²) in [6, 6.07) is 11.0. The smallest absolute Gasteiger partial charge is 0.251 e. The maximum Gasteiger partial charge on any atom is 0.251 e. The molecule has 0 atom stereocenters. The maximum absolute atomic E-state index is 12.5. The van der Waals surface area contributed by atoms with Crippen molar-refractivity contribution in [2.45, 2.75) is 13.3 Å². The molecule has 1 aromatic heterocycles. The minimum absolute atomic E-state index is 0.171. The van der Waals surface area contributed by atoms with E-state index < -0.39 is 0 Å². The molecular weight excluding hydrogens is 410 g/mol.